The number of hydrogen-bond donors (Lipinski definition) is 1. The van der Waals surface area contributed by atoms with Crippen LogP contribution in [0.25, 0.3) is 11.1 Å². The van der Waals surface area contributed by atoms with E-state index in [1.807, 2.05) is 0 Å². The summed E-state index contributed by atoms with van der Waals surface area (Å²) in [5.41, 5.74) is 0.251. The van der Waals surface area contributed by atoms with Crippen LogP contribution < -0.4 is 10.9 Å². The number of rotatable bonds is 5. The number of hydrogen-bond acceptors (Lipinski definition) is 7. The molecule has 0 bridgehead atoms. The molecule has 0 spiro atoms. The maximum absolute atomic E-state index is 13.1. The van der Waals surface area contributed by atoms with Gasteiger partial charge in [-0.1, -0.05) is 22.8 Å². The Hall–Kier alpha value is -3.20. The standard InChI is InChI=1S/C19H19ClN4O5/c1-5-28-19(27)15-14-17(29-23-15)21-11(4)24(18(14)26)10(3)16(25)22-13-8-6-7-12(20)9(13)2/h6-8,10H,5H2,1-4H3,(H,22,25)/t10-/m1/s1. The summed E-state index contributed by atoms with van der Waals surface area (Å²) in [6.45, 7) is 6.62. The van der Waals surface area contributed by atoms with Crippen LogP contribution in [0.1, 0.15) is 41.8 Å². The number of anilines is 1. The quantitative estimate of drug-likeness (QED) is 0.633. The minimum Gasteiger partial charge on any atom is -0.461 e. The molecule has 3 rings (SSSR count). The fraction of sp³-hybridized carbons (Fsp3) is 0.316. The number of amides is 1. The fourth-order valence-electron chi connectivity index (χ4n) is 2.91. The second-order valence-corrected chi connectivity index (χ2v) is 6.75. The summed E-state index contributed by atoms with van der Waals surface area (Å²) in [6.07, 6.45) is 0. The molecule has 9 nitrogen and oxygen atoms in total. The molecular formula is C19H19ClN4O5. The van der Waals surface area contributed by atoms with E-state index in [0.717, 1.165) is 0 Å². The zero-order valence-electron chi connectivity index (χ0n) is 16.3. The summed E-state index contributed by atoms with van der Waals surface area (Å²) in [7, 11) is 0. The molecule has 10 heteroatoms. The molecule has 29 heavy (non-hydrogen) atoms. The highest BCUT2D eigenvalue weighted by Crippen LogP contribution is 2.24. The first-order valence-corrected chi connectivity index (χ1v) is 9.25. The van der Waals surface area contributed by atoms with Crippen molar-refractivity contribution in [2.45, 2.75) is 33.7 Å². The first kappa shape index (κ1) is 20.5. The van der Waals surface area contributed by atoms with Gasteiger partial charge in [0, 0.05) is 10.7 Å². The van der Waals surface area contributed by atoms with Gasteiger partial charge >= 0.3 is 5.97 Å². The molecule has 0 saturated heterocycles. The average molecular weight is 419 g/mol. The summed E-state index contributed by atoms with van der Waals surface area (Å²) in [5.74, 6) is -1.01. The highest BCUT2D eigenvalue weighted by molar-refractivity contribution is 6.31. The van der Waals surface area contributed by atoms with Crippen LogP contribution in [0.4, 0.5) is 5.69 Å². The van der Waals surface area contributed by atoms with E-state index in [2.05, 4.69) is 15.5 Å². The number of ether oxygens (including phenoxy) is 1. The first-order chi connectivity index (χ1) is 13.8. The van der Waals surface area contributed by atoms with Crippen molar-refractivity contribution in [3.63, 3.8) is 0 Å². The number of carbonyl (C=O) groups is 2. The number of aryl methyl sites for hydroxylation is 1. The predicted molar refractivity (Wildman–Crippen MR) is 106 cm³/mol. The van der Waals surface area contributed by atoms with E-state index in [4.69, 9.17) is 20.9 Å². The van der Waals surface area contributed by atoms with E-state index in [9.17, 15) is 14.4 Å². The molecule has 0 unspecified atom stereocenters. The van der Waals surface area contributed by atoms with Crippen LogP contribution in [0.3, 0.4) is 0 Å². The van der Waals surface area contributed by atoms with Crippen LogP contribution >= 0.6 is 11.6 Å². The van der Waals surface area contributed by atoms with Crippen molar-refractivity contribution in [1.82, 2.24) is 14.7 Å². The van der Waals surface area contributed by atoms with Gasteiger partial charge in [-0.2, -0.15) is 4.98 Å². The smallest absolute Gasteiger partial charge is 0.361 e. The Kier molecular flexibility index (Phi) is 5.69. The number of halogens is 1. The van der Waals surface area contributed by atoms with Crippen molar-refractivity contribution in [1.29, 1.82) is 0 Å². The normalized spacial score (nSPS) is 12.0. The number of benzene rings is 1. The van der Waals surface area contributed by atoms with E-state index in [-0.39, 0.29) is 29.2 Å². The minimum absolute atomic E-state index is 0.0925. The van der Waals surface area contributed by atoms with Gasteiger partial charge in [0.15, 0.2) is 0 Å². The number of fused-ring (bicyclic) bond motifs is 1. The molecular weight excluding hydrogens is 400 g/mol. The molecule has 2 aromatic heterocycles. The minimum atomic E-state index is -0.928. The summed E-state index contributed by atoms with van der Waals surface area (Å²) in [5, 5.41) is 6.75. The van der Waals surface area contributed by atoms with E-state index in [1.54, 1.807) is 45.9 Å². The Morgan fingerprint density at radius 1 is 1.34 bits per heavy atom. The molecule has 0 aliphatic rings. The molecule has 0 aliphatic carbocycles. The zero-order chi connectivity index (χ0) is 21.3. The molecule has 0 radical (unpaired) electrons. The van der Waals surface area contributed by atoms with Gasteiger partial charge in [0.2, 0.25) is 11.6 Å². The van der Waals surface area contributed by atoms with E-state index in [0.29, 0.717) is 16.3 Å². The number of nitrogens with one attached hydrogen (secondary N) is 1. The lowest BCUT2D eigenvalue weighted by Crippen LogP contribution is -2.34. The molecule has 0 fully saturated rings. The van der Waals surface area contributed by atoms with Gasteiger partial charge in [-0.3, -0.25) is 14.2 Å². The Balaban J connectivity index is 2.03. The van der Waals surface area contributed by atoms with E-state index in [1.165, 1.54) is 4.57 Å². The highest BCUT2D eigenvalue weighted by Gasteiger charge is 2.27. The number of nitrogens with zero attached hydrogens (tertiary/aromatic N) is 3. The molecule has 0 saturated carbocycles. The third kappa shape index (κ3) is 3.73. The van der Waals surface area contributed by atoms with Gasteiger partial charge in [0.05, 0.1) is 6.61 Å². The lowest BCUT2D eigenvalue weighted by molar-refractivity contribution is -0.118. The van der Waals surface area contributed by atoms with Crippen LogP contribution in [0.2, 0.25) is 5.02 Å². The summed E-state index contributed by atoms with van der Waals surface area (Å²) >= 11 is 6.09. The maximum atomic E-state index is 13.1. The molecule has 1 N–H and O–H groups in total. The second kappa shape index (κ2) is 8.04. The van der Waals surface area contributed by atoms with Crippen molar-refractivity contribution >= 4 is 40.3 Å². The van der Waals surface area contributed by atoms with Crippen LogP contribution in [-0.2, 0) is 9.53 Å². The molecule has 1 atom stereocenters. The largest absolute Gasteiger partial charge is 0.461 e. The van der Waals surface area contributed by atoms with Crippen molar-refractivity contribution in [2.24, 2.45) is 0 Å². The van der Waals surface area contributed by atoms with Gasteiger partial charge in [-0.15, -0.1) is 0 Å². The van der Waals surface area contributed by atoms with Crippen molar-refractivity contribution in [3.8, 4) is 0 Å². The SMILES string of the molecule is CCOC(=O)c1noc2nc(C)n([C@H](C)C(=O)Nc3cccc(Cl)c3C)c(=O)c12. The number of aromatic nitrogens is 3. The van der Waals surface area contributed by atoms with Crippen molar-refractivity contribution in [3.05, 3.63) is 50.7 Å². The van der Waals surface area contributed by atoms with Gasteiger partial charge in [0.1, 0.15) is 17.3 Å². The van der Waals surface area contributed by atoms with Gasteiger partial charge in [0.25, 0.3) is 11.3 Å². The van der Waals surface area contributed by atoms with Crippen LogP contribution in [0.15, 0.2) is 27.5 Å². The lowest BCUT2D eigenvalue weighted by Gasteiger charge is -2.18. The van der Waals surface area contributed by atoms with E-state index < -0.39 is 23.5 Å². The number of esters is 1. The molecule has 1 amide bonds. The lowest BCUT2D eigenvalue weighted by atomic mass is 10.2. The predicted octanol–water partition coefficient (Wildman–Crippen LogP) is 3.03. The van der Waals surface area contributed by atoms with Crippen LogP contribution in [-0.4, -0.2) is 33.2 Å². The summed E-state index contributed by atoms with van der Waals surface area (Å²) < 4.78 is 11.1. The Labute approximate surface area is 170 Å². The Bertz CT molecular complexity index is 1170. The molecule has 152 valence electrons. The average Bonchev–Trinajstić information content (AvgIpc) is 3.09. The monoisotopic (exact) mass is 418 g/mol. The van der Waals surface area contributed by atoms with Crippen LogP contribution in [0.5, 0.6) is 0 Å². The highest BCUT2D eigenvalue weighted by atomic mass is 35.5. The third-order valence-electron chi connectivity index (χ3n) is 4.48. The zero-order valence-corrected chi connectivity index (χ0v) is 17.0. The third-order valence-corrected chi connectivity index (χ3v) is 4.89. The molecule has 1 aromatic carbocycles. The molecule has 2 heterocycles. The van der Waals surface area contributed by atoms with E-state index >= 15 is 0 Å². The fourth-order valence-corrected chi connectivity index (χ4v) is 3.09. The van der Waals surface area contributed by atoms with Gasteiger partial charge < -0.3 is 14.6 Å². The van der Waals surface area contributed by atoms with Crippen molar-refractivity contribution < 1.29 is 18.8 Å². The topological polar surface area (TPSA) is 116 Å². The van der Waals surface area contributed by atoms with Crippen LogP contribution in [0, 0.1) is 13.8 Å². The van der Waals surface area contributed by atoms with Gasteiger partial charge in [-0.25, -0.2) is 4.79 Å². The molecule has 0 aliphatic heterocycles. The first-order valence-electron chi connectivity index (χ1n) is 8.87. The van der Waals surface area contributed by atoms with Crippen molar-refractivity contribution in [2.75, 3.05) is 11.9 Å². The summed E-state index contributed by atoms with van der Waals surface area (Å²) in [4.78, 5) is 42.1. The Morgan fingerprint density at radius 3 is 2.76 bits per heavy atom. The molecule has 3 aromatic rings. The Morgan fingerprint density at radius 2 is 2.07 bits per heavy atom. The summed E-state index contributed by atoms with van der Waals surface area (Å²) in [6, 6.07) is 4.21. The van der Waals surface area contributed by atoms with Gasteiger partial charge in [-0.05, 0) is 45.4 Å². The maximum Gasteiger partial charge on any atom is 0.361 e. The number of carbonyl (C=O) groups excluding carboxylic acids is 2. The second-order valence-electron chi connectivity index (χ2n) is 6.34.